The third-order valence-corrected chi connectivity index (χ3v) is 8.40. The molecule has 1 fully saturated rings. The number of aryl methyl sites for hydroxylation is 1. The monoisotopic (exact) mass is 620 g/mol. The van der Waals surface area contributed by atoms with E-state index in [1.165, 1.54) is 12.1 Å². The molecule has 0 spiro atoms. The highest BCUT2D eigenvalue weighted by atomic mass is 19.1. The minimum absolute atomic E-state index is 0.321. The van der Waals surface area contributed by atoms with Crippen LogP contribution in [0, 0.1) is 12.7 Å². The van der Waals surface area contributed by atoms with Crippen LogP contribution in [0.2, 0.25) is 0 Å². The lowest BCUT2D eigenvalue weighted by molar-refractivity contribution is -0.160. The summed E-state index contributed by atoms with van der Waals surface area (Å²) in [6, 6.07) is 6.41. The number of carboxylic acids is 1. The van der Waals surface area contributed by atoms with Gasteiger partial charge >= 0.3 is 5.97 Å². The molecule has 240 valence electrons. The summed E-state index contributed by atoms with van der Waals surface area (Å²) < 4.78 is 36.2. The van der Waals surface area contributed by atoms with Crippen LogP contribution >= 0.6 is 0 Å². The van der Waals surface area contributed by atoms with Crippen LogP contribution in [-0.4, -0.2) is 73.0 Å². The van der Waals surface area contributed by atoms with Gasteiger partial charge in [0.1, 0.15) is 17.4 Å². The quantitative estimate of drug-likeness (QED) is 0.320. The third kappa shape index (κ3) is 6.67. The molecular weight excluding hydrogens is 579 g/mol. The van der Waals surface area contributed by atoms with E-state index in [2.05, 4.69) is 16.9 Å². The molecule has 3 aliphatic rings. The van der Waals surface area contributed by atoms with Gasteiger partial charge in [0.05, 0.1) is 29.6 Å². The fourth-order valence-corrected chi connectivity index (χ4v) is 6.08. The van der Waals surface area contributed by atoms with Crippen molar-refractivity contribution < 1.29 is 28.5 Å². The number of halogens is 1. The van der Waals surface area contributed by atoms with Gasteiger partial charge in [-0.05, 0) is 84.1 Å². The van der Waals surface area contributed by atoms with Crippen molar-refractivity contribution in [1.29, 1.82) is 0 Å². The topological polar surface area (TPSA) is 116 Å². The number of piperidine rings is 1. The molecule has 3 aromatic heterocycles. The maximum atomic E-state index is 14.3. The summed E-state index contributed by atoms with van der Waals surface area (Å²) in [5, 5.41) is 19.9. The highest BCUT2D eigenvalue weighted by Gasteiger charge is 2.38. The van der Waals surface area contributed by atoms with Crippen LogP contribution in [0.1, 0.15) is 81.9 Å². The first kappa shape index (κ1) is 31.0. The van der Waals surface area contributed by atoms with Crippen molar-refractivity contribution in [1.82, 2.24) is 24.4 Å². The Bertz CT molecular complexity index is 1700. The van der Waals surface area contributed by atoms with Gasteiger partial charge in [0.15, 0.2) is 17.6 Å². The number of hydrogen-bond donors (Lipinski definition) is 1. The van der Waals surface area contributed by atoms with Crippen molar-refractivity contribution >= 4 is 17.4 Å². The Morgan fingerprint density at radius 1 is 1.16 bits per heavy atom. The Hall–Kier alpha value is -4.03. The minimum atomic E-state index is -1.25. The van der Waals surface area contributed by atoms with E-state index in [1.807, 2.05) is 40.0 Å². The first-order chi connectivity index (χ1) is 21.4. The normalized spacial score (nSPS) is 18.0. The van der Waals surface area contributed by atoms with Crippen LogP contribution in [0.15, 0.2) is 36.7 Å². The van der Waals surface area contributed by atoms with Gasteiger partial charge in [-0.25, -0.2) is 18.9 Å². The summed E-state index contributed by atoms with van der Waals surface area (Å²) >= 11 is 0. The molecule has 0 amide bonds. The van der Waals surface area contributed by atoms with Gasteiger partial charge in [-0.3, -0.25) is 0 Å². The second kappa shape index (κ2) is 12.1. The number of aromatic nitrogens is 5. The number of hydrogen-bond acceptors (Lipinski definition) is 8. The van der Waals surface area contributed by atoms with Crippen LogP contribution in [0.3, 0.4) is 0 Å². The molecule has 1 aromatic carbocycles. The van der Waals surface area contributed by atoms with E-state index in [0.29, 0.717) is 67.0 Å². The molecule has 6 heterocycles. The molecule has 4 aromatic rings. The fourth-order valence-electron chi connectivity index (χ4n) is 6.08. The number of rotatable bonds is 3. The Kier molecular flexibility index (Phi) is 8.30. The molecule has 0 aliphatic carbocycles. The molecule has 7 rings (SSSR count). The summed E-state index contributed by atoms with van der Waals surface area (Å²) in [7, 11) is 0. The molecular formula is C33H41FN6O5. The third-order valence-electron chi connectivity index (χ3n) is 8.40. The predicted molar refractivity (Wildman–Crippen MR) is 166 cm³/mol. The van der Waals surface area contributed by atoms with Gasteiger partial charge in [0, 0.05) is 49.6 Å². The van der Waals surface area contributed by atoms with Crippen LogP contribution in [0.5, 0.6) is 5.75 Å². The number of aliphatic carboxylic acids is 1. The van der Waals surface area contributed by atoms with E-state index in [0.717, 1.165) is 36.8 Å². The highest BCUT2D eigenvalue weighted by Crippen LogP contribution is 2.38. The molecule has 1 saturated heterocycles. The summed E-state index contributed by atoms with van der Waals surface area (Å²) in [5.41, 5.74) is 2.15. The van der Waals surface area contributed by atoms with Crippen LogP contribution in [0.25, 0.3) is 11.5 Å². The first-order valence-electron chi connectivity index (χ1n) is 15.5. The van der Waals surface area contributed by atoms with Crippen molar-refractivity contribution in [2.75, 3.05) is 31.2 Å². The lowest BCUT2D eigenvalue weighted by Gasteiger charge is -2.41. The number of anilines is 1. The van der Waals surface area contributed by atoms with Gasteiger partial charge in [-0.1, -0.05) is 0 Å². The van der Waals surface area contributed by atoms with Crippen molar-refractivity contribution in [2.24, 2.45) is 0 Å². The second-order valence-electron chi connectivity index (χ2n) is 13.2. The number of benzene rings is 1. The molecule has 0 saturated carbocycles. The Morgan fingerprint density at radius 3 is 2.64 bits per heavy atom. The molecule has 0 radical (unpaired) electrons. The molecule has 12 heteroatoms. The van der Waals surface area contributed by atoms with E-state index < -0.39 is 17.7 Å². The maximum absolute atomic E-state index is 14.3. The van der Waals surface area contributed by atoms with Crippen molar-refractivity contribution in [2.45, 2.75) is 84.0 Å². The van der Waals surface area contributed by atoms with Gasteiger partial charge in [0.25, 0.3) is 0 Å². The van der Waals surface area contributed by atoms with E-state index in [9.17, 15) is 14.3 Å². The van der Waals surface area contributed by atoms with Gasteiger partial charge in [-0.2, -0.15) is 9.61 Å². The average Bonchev–Trinajstić information content (AvgIpc) is 3.61. The van der Waals surface area contributed by atoms with Gasteiger partial charge < -0.3 is 24.2 Å². The van der Waals surface area contributed by atoms with E-state index >= 15 is 0 Å². The second-order valence-corrected chi connectivity index (χ2v) is 13.2. The van der Waals surface area contributed by atoms with E-state index in [4.69, 9.17) is 24.3 Å². The molecule has 45 heavy (non-hydrogen) atoms. The number of carbonyl (C=O) groups is 1. The SMILES string of the molecule is Cc1nc2cc3nn2c(c1[C@H](OC(C)(C)C)C(=O)O)N1CCC(C)(CC1)OCCCCOc1ccc(F)cc1Cc1cnn-3c1. The summed E-state index contributed by atoms with van der Waals surface area (Å²) in [5.74, 6) is 0.392. The molecule has 1 atom stereocenters. The standard InChI is InChI=1S/C33H41FN6O5/c1-21-28(29(31(41)42)45-32(2,3)4)30-38-12-10-33(5,11-13-38)44-15-7-6-14-43-25-9-8-24(34)17-23(25)16-22-19-35-39(20-22)27-18-26(36-21)40(30)37-27/h8-9,17-20,29H,6-7,10-16H2,1-5H3,(H,41,42)/t29-/m0/s1. The van der Waals surface area contributed by atoms with Gasteiger partial charge in [-0.15, -0.1) is 5.10 Å². The smallest absolute Gasteiger partial charge is 0.337 e. The van der Waals surface area contributed by atoms with E-state index in [1.54, 1.807) is 21.5 Å². The Balaban J connectivity index is 1.47. The predicted octanol–water partition coefficient (Wildman–Crippen LogP) is 5.44. The van der Waals surface area contributed by atoms with Crippen LogP contribution in [0.4, 0.5) is 10.2 Å². The molecule has 11 nitrogen and oxygen atoms in total. The minimum Gasteiger partial charge on any atom is -0.493 e. The van der Waals surface area contributed by atoms with Crippen LogP contribution in [-0.2, 0) is 20.7 Å². The lowest BCUT2D eigenvalue weighted by atomic mass is 9.92. The van der Waals surface area contributed by atoms with Crippen molar-refractivity contribution in [3.8, 4) is 11.6 Å². The number of nitrogens with zero attached hydrogens (tertiary/aromatic N) is 6. The number of fused-ring (bicyclic) bond motifs is 7. The zero-order valence-corrected chi connectivity index (χ0v) is 26.5. The molecule has 6 bridgehead atoms. The Labute approximate surface area is 261 Å². The number of ether oxygens (including phenoxy) is 3. The Morgan fingerprint density at radius 2 is 1.91 bits per heavy atom. The summed E-state index contributed by atoms with van der Waals surface area (Å²) in [6.07, 6.45) is 5.89. The number of carboxylic acid groups (broad SMARTS) is 1. The van der Waals surface area contributed by atoms with Gasteiger partial charge in [0.2, 0.25) is 0 Å². The average molecular weight is 621 g/mol. The first-order valence-corrected chi connectivity index (χ1v) is 15.5. The largest absolute Gasteiger partial charge is 0.493 e. The fraction of sp³-hybridized carbons (Fsp3) is 0.515. The highest BCUT2D eigenvalue weighted by molar-refractivity contribution is 5.78. The zero-order valence-electron chi connectivity index (χ0n) is 26.5. The summed E-state index contributed by atoms with van der Waals surface area (Å²) in [6.45, 7) is 11.9. The van der Waals surface area contributed by atoms with Crippen LogP contribution < -0.4 is 9.64 Å². The van der Waals surface area contributed by atoms with E-state index in [-0.39, 0.29) is 11.4 Å². The maximum Gasteiger partial charge on any atom is 0.337 e. The van der Waals surface area contributed by atoms with Crippen molar-refractivity contribution in [3.05, 3.63) is 64.9 Å². The molecule has 3 aliphatic heterocycles. The van der Waals surface area contributed by atoms with Crippen molar-refractivity contribution in [3.63, 3.8) is 0 Å². The summed E-state index contributed by atoms with van der Waals surface area (Å²) in [4.78, 5) is 19.7. The zero-order chi connectivity index (χ0) is 31.9. The molecule has 0 unspecified atom stereocenters. The lowest BCUT2D eigenvalue weighted by Crippen LogP contribution is -2.46. The molecule has 1 N–H and O–H groups in total.